The molecule has 174 valence electrons. The summed E-state index contributed by atoms with van der Waals surface area (Å²) in [6, 6.07) is 5.58. The van der Waals surface area contributed by atoms with Crippen LogP contribution in [0.15, 0.2) is 30.5 Å². The lowest BCUT2D eigenvalue weighted by molar-refractivity contribution is -0.178. The first kappa shape index (κ1) is 22.6. The van der Waals surface area contributed by atoms with Crippen LogP contribution in [0.25, 0.3) is 5.69 Å². The molecule has 5 nitrogen and oxygen atoms in total. The number of ether oxygens (including phenoxy) is 1. The van der Waals surface area contributed by atoms with Gasteiger partial charge in [0.15, 0.2) is 6.29 Å². The molecular weight excluding hydrogens is 475 g/mol. The minimum absolute atomic E-state index is 0.0330. The Bertz CT molecular complexity index is 1230. The van der Waals surface area contributed by atoms with Crippen LogP contribution < -0.4 is 5.32 Å². The van der Waals surface area contributed by atoms with Gasteiger partial charge in [0.25, 0.3) is 5.92 Å². The van der Waals surface area contributed by atoms with E-state index in [0.717, 1.165) is 16.9 Å². The van der Waals surface area contributed by atoms with Crippen LogP contribution in [0, 0.1) is 12.7 Å². The number of aryl methyl sites for hydroxylation is 1. The number of halogens is 4. The number of hydrogen-bond donors (Lipinski definition) is 1. The predicted octanol–water partition coefficient (Wildman–Crippen LogP) is 5.16. The van der Waals surface area contributed by atoms with Gasteiger partial charge < -0.3 is 10.1 Å². The van der Waals surface area contributed by atoms with Crippen molar-refractivity contribution in [1.29, 1.82) is 0 Å². The SMILES string of the molecule is Cc1nn(-c2c(F)cccc2C=O)cc1CC1CC2(CCN1)OCC(F)(F)c1cc(Cl)sc12. The number of aromatic nitrogens is 2. The average Bonchev–Trinajstić information content (AvgIpc) is 3.35. The molecule has 4 heterocycles. The average molecular weight is 496 g/mol. The molecule has 1 saturated heterocycles. The Morgan fingerprint density at radius 3 is 3.03 bits per heavy atom. The van der Waals surface area contributed by atoms with Crippen molar-refractivity contribution in [2.75, 3.05) is 13.2 Å². The van der Waals surface area contributed by atoms with Gasteiger partial charge in [0, 0.05) is 28.2 Å². The van der Waals surface area contributed by atoms with Crippen LogP contribution in [0.3, 0.4) is 0 Å². The second-order valence-electron chi connectivity index (χ2n) is 8.57. The standard InChI is InChI=1S/C23H21ClF3N3O2S/c1-13-15(10-30(29-13)20-14(11-31)3-2-4-18(20)25)7-16-9-22(5-6-28-16)21-17(8-19(24)33-21)23(26,27)12-32-22/h2-4,8,10-11,16,28H,5-7,9,12H2,1H3. The lowest BCUT2D eigenvalue weighted by atomic mass is 9.80. The Morgan fingerprint density at radius 2 is 2.24 bits per heavy atom. The van der Waals surface area contributed by atoms with E-state index in [1.165, 1.54) is 28.9 Å². The van der Waals surface area contributed by atoms with Crippen molar-refractivity contribution in [3.63, 3.8) is 0 Å². The van der Waals surface area contributed by atoms with Gasteiger partial charge in [-0.05, 0) is 56.5 Å². The Balaban J connectivity index is 1.43. The number of para-hydroxylation sites is 1. The van der Waals surface area contributed by atoms with E-state index in [4.69, 9.17) is 16.3 Å². The number of nitrogens with zero attached hydrogens (tertiary/aromatic N) is 2. The topological polar surface area (TPSA) is 56.2 Å². The number of aldehydes is 1. The number of piperidine rings is 1. The number of carbonyl (C=O) groups is 1. The van der Waals surface area contributed by atoms with Crippen LogP contribution in [0.1, 0.15) is 44.9 Å². The van der Waals surface area contributed by atoms with E-state index < -0.39 is 23.9 Å². The van der Waals surface area contributed by atoms with Crippen molar-refractivity contribution >= 4 is 29.2 Å². The molecule has 33 heavy (non-hydrogen) atoms. The molecule has 0 bridgehead atoms. The fourth-order valence-electron chi connectivity index (χ4n) is 4.82. The van der Waals surface area contributed by atoms with Crippen LogP contribution in [0.2, 0.25) is 4.34 Å². The summed E-state index contributed by atoms with van der Waals surface area (Å²) >= 11 is 7.27. The van der Waals surface area contributed by atoms with E-state index in [9.17, 15) is 18.0 Å². The van der Waals surface area contributed by atoms with Crippen molar-refractivity contribution in [1.82, 2.24) is 15.1 Å². The van der Waals surface area contributed by atoms with Crippen molar-refractivity contribution in [2.45, 2.75) is 43.8 Å². The number of hydrogen-bond acceptors (Lipinski definition) is 5. The molecule has 2 unspecified atom stereocenters. The van der Waals surface area contributed by atoms with E-state index in [-0.39, 0.29) is 22.9 Å². The maximum atomic E-state index is 14.4. The predicted molar refractivity (Wildman–Crippen MR) is 119 cm³/mol. The smallest absolute Gasteiger partial charge is 0.297 e. The summed E-state index contributed by atoms with van der Waals surface area (Å²) in [4.78, 5) is 11.9. The Kier molecular flexibility index (Phi) is 5.63. The molecule has 3 aromatic rings. The number of thiophene rings is 1. The minimum Gasteiger partial charge on any atom is -0.363 e. The van der Waals surface area contributed by atoms with E-state index >= 15 is 0 Å². The van der Waals surface area contributed by atoms with Gasteiger partial charge in [-0.15, -0.1) is 11.3 Å². The number of carbonyl (C=O) groups excluding carboxylic acids is 1. The van der Waals surface area contributed by atoms with Gasteiger partial charge >= 0.3 is 0 Å². The lowest BCUT2D eigenvalue weighted by Gasteiger charge is -2.45. The van der Waals surface area contributed by atoms with Crippen molar-refractivity contribution in [2.24, 2.45) is 0 Å². The molecule has 2 aliphatic heterocycles. The quantitative estimate of drug-likeness (QED) is 0.508. The summed E-state index contributed by atoms with van der Waals surface area (Å²) in [5, 5.41) is 7.87. The largest absolute Gasteiger partial charge is 0.363 e. The third-order valence-corrected chi connectivity index (χ3v) is 7.87. The molecule has 1 spiro atoms. The first-order chi connectivity index (χ1) is 15.7. The van der Waals surface area contributed by atoms with Crippen LogP contribution in [0.5, 0.6) is 0 Å². The molecule has 1 N–H and O–H groups in total. The van der Waals surface area contributed by atoms with Crippen molar-refractivity contribution in [3.05, 3.63) is 67.9 Å². The first-order valence-corrected chi connectivity index (χ1v) is 11.8. The maximum Gasteiger partial charge on any atom is 0.297 e. The highest BCUT2D eigenvalue weighted by Crippen LogP contribution is 2.52. The summed E-state index contributed by atoms with van der Waals surface area (Å²) in [6.07, 6.45) is 3.93. The zero-order valence-corrected chi connectivity index (χ0v) is 19.3. The number of alkyl halides is 2. The van der Waals surface area contributed by atoms with E-state index in [0.29, 0.717) is 47.0 Å². The third kappa shape index (κ3) is 3.90. The van der Waals surface area contributed by atoms with Gasteiger partial charge in [0.05, 0.1) is 10.0 Å². The molecule has 5 rings (SSSR count). The van der Waals surface area contributed by atoms with E-state index in [1.807, 2.05) is 6.92 Å². The highest BCUT2D eigenvalue weighted by Gasteiger charge is 2.52. The molecule has 1 aromatic carbocycles. The number of fused-ring (bicyclic) bond motifs is 2. The van der Waals surface area contributed by atoms with Crippen LogP contribution >= 0.6 is 22.9 Å². The Labute approximate surface area is 197 Å². The highest BCUT2D eigenvalue weighted by atomic mass is 35.5. The first-order valence-electron chi connectivity index (χ1n) is 10.6. The molecule has 10 heteroatoms. The number of nitrogens with one attached hydrogen (secondary N) is 1. The maximum absolute atomic E-state index is 14.4. The van der Waals surface area contributed by atoms with E-state index in [1.54, 1.807) is 6.20 Å². The summed E-state index contributed by atoms with van der Waals surface area (Å²) in [7, 11) is 0. The summed E-state index contributed by atoms with van der Waals surface area (Å²) in [5.41, 5.74) is 1.03. The fraction of sp³-hybridized carbons (Fsp3) is 0.391. The minimum atomic E-state index is -3.06. The van der Waals surface area contributed by atoms with Gasteiger partial charge in [-0.2, -0.15) is 13.9 Å². The molecule has 1 fully saturated rings. The summed E-state index contributed by atoms with van der Waals surface area (Å²) < 4.78 is 50.9. The van der Waals surface area contributed by atoms with Crippen molar-refractivity contribution < 1.29 is 22.7 Å². The molecule has 0 aliphatic carbocycles. The fourth-order valence-corrected chi connectivity index (χ4v) is 6.28. The Morgan fingerprint density at radius 1 is 1.42 bits per heavy atom. The zero-order chi connectivity index (χ0) is 23.4. The van der Waals surface area contributed by atoms with Gasteiger partial charge in [0.2, 0.25) is 0 Å². The second-order valence-corrected chi connectivity index (χ2v) is 10.3. The van der Waals surface area contributed by atoms with Crippen LogP contribution in [-0.4, -0.2) is 35.3 Å². The lowest BCUT2D eigenvalue weighted by Crippen LogP contribution is -2.52. The molecule has 0 radical (unpaired) electrons. The summed E-state index contributed by atoms with van der Waals surface area (Å²) in [5.74, 6) is -3.60. The monoisotopic (exact) mass is 495 g/mol. The van der Waals surface area contributed by atoms with Crippen LogP contribution in [-0.2, 0) is 22.7 Å². The van der Waals surface area contributed by atoms with Gasteiger partial charge in [-0.25, -0.2) is 9.07 Å². The molecular formula is C23H21ClF3N3O2S. The molecule has 2 atom stereocenters. The Hall–Kier alpha value is -2.20. The molecule has 2 aromatic heterocycles. The molecule has 2 aliphatic rings. The summed E-state index contributed by atoms with van der Waals surface area (Å²) in [6.45, 7) is 1.75. The van der Waals surface area contributed by atoms with Gasteiger partial charge in [-0.1, -0.05) is 17.7 Å². The van der Waals surface area contributed by atoms with Crippen LogP contribution in [0.4, 0.5) is 13.2 Å². The zero-order valence-electron chi connectivity index (χ0n) is 17.7. The molecule has 0 saturated carbocycles. The number of rotatable bonds is 4. The third-order valence-electron chi connectivity index (χ3n) is 6.42. The molecule has 0 amide bonds. The number of benzene rings is 1. The van der Waals surface area contributed by atoms with Gasteiger partial charge in [0.1, 0.15) is 23.7 Å². The van der Waals surface area contributed by atoms with E-state index in [2.05, 4.69) is 10.4 Å². The second kappa shape index (κ2) is 8.23. The van der Waals surface area contributed by atoms with Gasteiger partial charge in [-0.3, -0.25) is 4.79 Å². The highest BCUT2D eigenvalue weighted by molar-refractivity contribution is 7.16. The normalized spacial score (nSPS) is 24.1. The van der Waals surface area contributed by atoms with Crippen molar-refractivity contribution in [3.8, 4) is 5.69 Å².